The van der Waals surface area contributed by atoms with Crippen LogP contribution < -0.4 is 0 Å². The van der Waals surface area contributed by atoms with E-state index < -0.39 is 0 Å². The lowest BCUT2D eigenvalue weighted by Crippen LogP contribution is -1.90. The van der Waals surface area contributed by atoms with Gasteiger partial charge >= 0.3 is 0 Å². The van der Waals surface area contributed by atoms with E-state index in [-0.39, 0.29) is 0 Å². The molecule has 0 aliphatic heterocycles. The summed E-state index contributed by atoms with van der Waals surface area (Å²) in [7, 11) is 0. The van der Waals surface area contributed by atoms with Crippen molar-refractivity contribution in [2.24, 2.45) is 0 Å². The maximum absolute atomic E-state index is 4.68. The van der Waals surface area contributed by atoms with Crippen LogP contribution in [0.1, 0.15) is 5.69 Å². The molecule has 0 saturated carbocycles. The van der Waals surface area contributed by atoms with Crippen molar-refractivity contribution < 1.29 is 0 Å². The highest BCUT2D eigenvalue weighted by molar-refractivity contribution is 5.66. The summed E-state index contributed by atoms with van der Waals surface area (Å²) in [5.41, 5.74) is 4.67. The summed E-state index contributed by atoms with van der Waals surface area (Å²) in [4.78, 5) is 21.1. The predicted octanol–water partition coefficient (Wildman–Crippen LogP) is 3.90. The van der Waals surface area contributed by atoms with Crippen molar-refractivity contribution in [3.63, 3.8) is 0 Å². The Balaban J connectivity index is 1.68. The Labute approximate surface area is 139 Å². The van der Waals surface area contributed by atoms with Crippen LogP contribution in [0.3, 0.4) is 0 Å². The van der Waals surface area contributed by atoms with Gasteiger partial charge in [0.2, 0.25) is 0 Å². The van der Waals surface area contributed by atoms with Crippen molar-refractivity contribution in [3.8, 4) is 34.0 Å². The first-order valence-electron chi connectivity index (χ1n) is 7.66. The normalized spacial score (nSPS) is 10.7. The highest BCUT2D eigenvalue weighted by atomic mass is 14.9. The lowest BCUT2D eigenvalue weighted by Gasteiger charge is -2.01. The molecule has 0 bridgehead atoms. The van der Waals surface area contributed by atoms with E-state index in [4.69, 9.17) is 0 Å². The zero-order valence-corrected chi connectivity index (χ0v) is 13.1. The number of H-pyrrole nitrogens is 1. The van der Waals surface area contributed by atoms with Crippen LogP contribution in [0, 0.1) is 6.92 Å². The van der Waals surface area contributed by atoms with Crippen molar-refractivity contribution in [2.75, 3.05) is 0 Å². The Bertz CT molecular complexity index is 944. The van der Waals surface area contributed by atoms with Gasteiger partial charge in [0.25, 0.3) is 0 Å². The monoisotopic (exact) mass is 313 g/mol. The second-order valence-electron chi connectivity index (χ2n) is 5.46. The Kier molecular flexibility index (Phi) is 3.59. The third-order valence-corrected chi connectivity index (χ3v) is 3.78. The van der Waals surface area contributed by atoms with Crippen LogP contribution in [-0.4, -0.2) is 24.9 Å². The van der Waals surface area contributed by atoms with Crippen LogP contribution in [0.5, 0.6) is 0 Å². The van der Waals surface area contributed by atoms with Gasteiger partial charge in [-0.05, 0) is 19.1 Å². The van der Waals surface area contributed by atoms with Crippen molar-refractivity contribution in [3.05, 3.63) is 72.9 Å². The Morgan fingerprint density at radius 3 is 2.25 bits per heavy atom. The molecule has 0 radical (unpaired) electrons. The Hall–Kier alpha value is -3.34. The maximum Gasteiger partial charge on any atom is 0.159 e. The van der Waals surface area contributed by atoms with E-state index in [0.29, 0.717) is 5.82 Å². The first kappa shape index (κ1) is 14.3. The molecule has 0 fully saturated rings. The number of aromatic amines is 1. The van der Waals surface area contributed by atoms with E-state index in [1.807, 2.05) is 61.8 Å². The van der Waals surface area contributed by atoms with Crippen molar-refractivity contribution in [1.82, 2.24) is 24.9 Å². The summed E-state index contributed by atoms with van der Waals surface area (Å²) in [5.74, 6) is 1.50. The molecule has 0 unspecified atom stereocenters. The Morgan fingerprint density at radius 2 is 1.54 bits per heavy atom. The second kappa shape index (κ2) is 6.04. The van der Waals surface area contributed by atoms with Gasteiger partial charge in [-0.15, -0.1) is 0 Å². The molecule has 0 aliphatic rings. The van der Waals surface area contributed by atoms with Gasteiger partial charge in [0.1, 0.15) is 5.82 Å². The smallest absolute Gasteiger partial charge is 0.159 e. The number of hydrogen-bond donors (Lipinski definition) is 1. The van der Waals surface area contributed by atoms with Gasteiger partial charge in [0, 0.05) is 47.2 Å². The Morgan fingerprint density at radius 1 is 0.792 bits per heavy atom. The summed E-state index contributed by atoms with van der Waals surface area (Å²) >= 11 is 0. The van der Waals surface area contributed by atoms with Gasteiger partial charge < -0.3 is 4.98 Å². The summed E-state index contributed by atoms with van der Waals surface area (Å²) in [6.45, 7) is 1.99. The zero-order valence-electron chi connectivity index (χ0n) is 13.1. The molecule has 0 spiro atoms. The molecule has 5 heteroatoms. The first-order valence-corrected chi connectivity index (χ1v) is 7.66. The number of nitrogens with zero attached hydrogens (tertiary/aromatic N) is 4. The number of imidazole rings is 1. The SMILES string of the molecule is Cc1[nH]c(-c2cccnc2)nc1-c1cnc(-c2ccccc2)nc1. The van der Waals surface area contributed by atoms with E-state index in [9.17, 15) is 0 Å². The van der Waals surface area contributed by atoms with E-state index in [0.717, 1.165) is 33.9 Å². The lowest BCUT2D eigenvalue weighted by molar-refractivity contribution is 1.17. The molecule has 5 nitrogen and oxygen atoms in total. The lowest BCUT2D eigenvalue weighted by atomic mass is 10.2. The summed E-state index contributed by atoms with van der Waals surface area (Å²) in [5, 5.41) is 0. The van der Waals surface area contributed by atoms with Crippen LogP contribution in [0.2, 0.25) is 0 Å². The highest BCUT2D eigenvalue weighted by Gasteiger charge is 2.12. The summed E-state index contributed by atoms with van der Waals surface area (Å²) in [6, 6.07) is 13.8. The van der Waals surface area contributed by atoms with Crippen LogP contribution in [0.25, 0.3) is 34.0 Å². The largest absolute Gasteiger partial charge is 0.341 e. The van der Waals surface area contributed by atoms with Crippen LogP contribution in [-0.2, 0) is 0 Å². The number of hydrogen-bond acceptors (Lipinski definition) is 4. The molecule has 1 N–H and O–H groups in total. The fourth-order valence-corrected chi connectivity index (χ4v) is 2.57. The van der Waals surface area contributed by atoms with Gasteiger partial charge in [-0.2, -0.15) is 0 Å². The molecule has 0 amide bonds. The predicted molar refractivity (Wildman–Crippen MR) is 93.0 cm³/mol. The van der Waals surface area contributed by atoms with Crippen molar-refractivity contribution >= 4 is 0 Å². The molecule has 3 aromatic heterocycles. The number of pyridine rings is 1. The second-order valence-corrected chi connectivity index (χ2v) is 5.46. The van der Waals surface area contributed by atoms with Gasteiger partial charge in [0.05, 0.1) is 5.69 Å². The molecule has 1 aromatic carbocycles. The van der Waals surface area contributed by atoms with Crippen LogP contribution in [0.15, 0.2) is 67.3 Å². The number of aryl methyl sites for hydroxylation is 1. The highest BCUT2D eigenvalue weighted by Crippen LogP contribution is 2.25. The minimum atomic E-state index is 0.708. The number of nitrogens with one attached hydrogen (secondary N) is 1. The summed E-state index contributed by atoms with van der Waals surface area (Å²) in [6.07, 6.45) is 7.16. The molecule has 4 rings (SSSR count). The fourth-order valence-electron chi connectivity index (χ4n) is 2.57. The van der Waals surface area contributed by atoms with Crippen molar-refractivity contribution in [2.45, 2.75) is 6.92 Å². The van der Waals surface area contributed by atoms with E-state index in [1.165, 1.54) is 0 Å². The first-order chi connectivity index (χ1) is 11.8. The van der Waals surface area contributed by atoms with E-state index in [2.05, 4.69) is 24.9 Å². The molecular formula is C19H15N5. The quantitative estimate of drug-likeness (QED) is 0.623. The number of rotatable bonds is 3. The van der Waals surface area contributed by atoms with E-state index >= 15 is 0 Å². The average Bonchev–Trinajstić information content (AvgIpc) is 3.05. The maximum atomic E-state index is 4.68. The fraction of sp³-hybridized carbons (Fsp3) is 0.0526. The molecule has 4 aromatic rings. The number of aromatic nitrogens is 5. The minimum absolute atomic E-state index is 0.708. The molecule has 0 saturated heterocycles. The molecule has 0 atom stereocenters. The van der Waals surface area contributed by atoms with Gasteiger partial charge in [-0.3, -0.25) is 4.98 Å². The van der Waals surface area contributed by atoms with Crippen LogP contribution >= 0.6 is 0 Å². The molecular weight excluding hydrogens is 298 g/mol. The third kappa shape index (κ3) is 2.67. The summed E-state index contributed by atoms with van der Waals surface area (Å²) < 4.78 is 0. The standard InChI is InChI=1S/C19H15N5/c1-13-17(24-19(23-13)15-8-5-9-20-10-15)16-11-21-18(22-12-16)14-6-3-2-4-7-14/h2-12H,1H3,(H,23,24). The minimum Gasteiger partial charge on any atom is -0.341 e. The topological polar surface area (TPSA) is 67.3 Å². The molecule has 0 aliphatic carbocycles. The molecule has 116 valence electrons. The van der Waals surface area contributed by atoms with Crippen molar-refractivity contribution in [1.29, 1.82) is 0 Å². The van der Waals surface area contributed by atoms with Gasteiger partial charge in [0.15, 0.2) is 5.82 Å². The third-order valence-electron chi connectivity index (χ3n) is 3.78. The van der Waals surface area contributed by atoms with Gasteiger partial charge in [-0.25, -0.2) is 15.0 Å². The van der Waals surface area contributed by atoms with Gasteiger partial charge in [-0.1, -0.05) is 30.3 Å². The van der Waals surface area contributed by atoms with Crippen LogP contribution in [0.4, 0.5) is 0 Å². The average molecular weight is 313 g/mol. The molecule has 24 heavy (non-hydrogen) atoms. The molecule has 3 heterocycles. The number of benzene rings is 1. The zero-order chi connectivity index (χ0) is 16.4. The van der Waals surface area contributed by atoms with E-state index in [1.54, 1.807) is 12.4 Å².